The molecule has 2 heterocycles. The van der Waals surface area contributed by atoms with E-state index in [0.29, 0.717) is 0 Å². The Morgan fingerprint density at radius 2 is 2.08 bits per heavy atom. The smallest absolute Gasteiger partial charge is 0.227 e. The first kappa shape index (κ1) is 18.4. The molecule has 1 amide bonds. The Morgan fingerprint density at radius 1 is 1.27 bits per heavy atom. The van der Waals surface area contributed by atoms with Crippen LogP contribution in [0.1, 0.15) is 32.6 Å². The lowest BCUT2D eigenvalue weighted by atomic mass is 9.96. The second-order valence-corrected chi connectivity index (χ2v) is 7.00. The van der Waals surface area contributed by atoms with Crippen LogP contribution in [0.3, 0.4) is 0 Å². The summed E-state index contributed by atoms with van der Waals surface area (Å²) in [6, 6.07) is 12.0. The van der Waals surface area contributed by atoms with Gasteiger partial charge in [0, 0.05) is 38.4 Å². The molecule has 0 saturated carbocycles. The first-order chi connectivity index (χ1) is 12.7. The van der Waals surface area contributed by atoms with Gasteiger partial charge < -0.3 is 9.80 Å². The zero-order valence-corrected chi connectivity index (χ0v) is 15.8. The number of hydrogen-bond acceptors (Lipinski definition) is 4. The van der Waals surface area contributed by atoms with E-state index in [0.717, 1.165) is 62.5 Å². The van der Waals surface area contributed by atoms with Crippen LogP contribution in [0.15, 0.2) is 42.6 Å². The zero-order chi connectivity index (χ0) is 18.4. The molecule has 5 heteroatoms. The second-order valence-electron chi connectivity index (χ2n) is 7.00. The molecule has 1 saturated heterocycles. The van der Waals surface area contributed by atoms with Crippen molar-refractivity contribution >= 4 is 11.7 Å². The van der Waals surface area contributed by atoms with Crippen LogP contribution in [0.4, 0.5) is 5.82 Å². The van der Waals surface area contributed by atoms with Gasteiger partial charge in [0.25, 0.3) is 0 Å². The summed E-state index contributed by atoms with van der Waals surface area (Å²) in [5, 5.41) is 0. The van der Waals surface area contributed by atoms with Crippen LogP contribution in [0.2, 0.25) is 0 Å². The van der Waals surface area contributed by atoms with Crippen molar-refractivity contribution in [2.75, 3.05) is 31.6 Å². The average Bonchev–Trinajstić information content (AvgIpc) is 2.72. The molecule has 1 aliphatic heterocycles. The van der Waals surface area contributed by atoms with Gasteiger partial charge in [-0.15, -0.1) is 0 Å². The Morgan fingerprint density at radius 3 is 2.85 bits per heavy atom. The van der Waals surface area contributed by atoms with Crippen molar-refractivity contribution in [3.63, 3.8) is 0 Å². The largest absolute Gasteiger partial charge is 0.356 e. The molecule has 2 aromatic rings. The molecule has 0 radical (unpaired) electrons. The highest BCUT2D eigenvalue weighted by atomic mass is 16.2. The van der Waals surface area contributed by atoms with Crippen molar-refractivity contribution < 1.29 is 4.79 Å². The summed E-state index contributed by atoms with van der Waals surface area (Å²) in [5.74, 6) is 1.96. The number of unbranched alkanes of at least 4 members (excludes halogenated alkanes) is 1. The number of rotatable bonds is 6. The van der Waals surface area contributed by atoms with Crippen molar-refractivity contribution in [2.24, 2.45) is 5.92 Å². The number of carbonyl (C=O) groups excluding carboxylic acids is 1. The highest BCUT2D eigenvalue weighted by Gasteiger charge is 2.28. The van der Waals surface area contributed by atoms with Gasteiger partial charge in [0.15, 0.2) is 5.82 Å². The summed E-state index contributed by atoms with van der Waals surface area (Å²) in [6.45, 7) is 4.67. The minimum Gasteiger partial charge on any atom is -0.356 e. The summed E-state index contributed by atoms with van der Waals surface area (Å²) in [4.78, 5) is 26.0. The van der Waals surface area contributed by atoms with Crippen LogP contribution in [0.25, 0.3) is 11.4 Å². The van der Waals surface area contributed by atoms with Gasteiger partial charge in [-0.3, -0.25) is 4.79 Å². The lowest BCUT2D eigenvalue weighted by Crippen LogP contribution is -2.44. The van der Waals surface area contributed by atoms with Crippen LogP contribution in [-0.2, 0) is 4.79 Å². The van der Waals surface area contributed by atoms with E-state index in [-0.39, 0.29) is 11.8 Å². The van der Waals surface area contributed by atoms with E-state index in [9.17, 15) is 4.79 Å². The van der Waals surface area contributed by atoms with Crippen molar-refractivity contribution in [1.29, 1.82) is 0 Å². The number of piperidine rings is 1. The number of nitrogens with zero attached hydrogens (tertiary/aromatic N) is 4. The Balaban J connectivity index is 1.71. The molecule has 5 nitrogen and oxygen atoms in total. The van der Waals surface area contributed by atoms with Crippen LogP contribution in [0, 0.1) is 5.92 Å². The van der Waals surface area contributed by atoms with Crippen LogP contribution >= 0.6 is 0 Å². The molecule has 1 aromatic heterocycles. The lowest BCUT2D eigenvalue weighted by molar-refractivity contribution is -0.134. The van der Waals surface area contributed by atoms with Gasteiger partial charge in [0.2, 0.25) is 5.91 Å². The first-order valence-electron chi connectivity index (χ1n) is 9.57. The molecule has 0 aliphatic carbocycles. The summed E-state index contributed by atoms with van der Waals surface area (Å²) in [7, 11) is 1.93. The number of anilines is 1. The Labute approximate surface area is 156 Å². The average molecular weight is 352 g/mol. The van der Waals surface area contributed by atoms with E-state index in [4.69, 9.17) is 4.98 Å². The SMILES string of the molecule is CCCCN(C)C(=O)C1CCCN(c2ccnc(-c3ccccc3)n2)C1. The van der Waals surface area contributed by atoms with Crippen LogP contribution in [0.5, 0.6) is 0 Å². The number of hydrogen-bond donors (Lipinski definition) is 0. The molecule has 1 unspecified atom stereocenters. The van der Waals surface area contributed by atoms with E-state index < -0.39 is 0 Å². The minimum absolute atomic E-state index is 0.0562. The fraction of sp³-hybridized carbons (Fsp3) is 0.476. The summed E-state index contributed by atoms with van der Waals surface area (Å²) in [6.07, 6.45) is 5.96. The number of aromatic nitrogens is 2. The van der Waals surface area contributed by atoms with Crippen LogP contribution < -0.4 is 4.90 Å². The molecular weight excluding hydrogens is 324 g/mol. The van der Waals surface area contributed by atoms with E-state index in [1.165, 1.54) is 0 Å². The van der Waals surface area contributed by atoms with Crippen molar-refractivity contribution in [2.45, 2.75) is 32.6 Å². The fourth-order valence-electron chi connectivity index (χ4n) is 3.46. The van der Waals surface area contributed by atoms with Crippen molar-refractivity contribution in [3.8, 4) is 11.4 Å². The number of amides is 1. The lowest BCUT2D eigenvalue weighted by Gasteiger charge is -2.34. The zero-order valence-electron chi connectivity index (χ0n) is 15.8. The Bertz CT molecular complexity index is 719. The van der Waals surface area contributed by atoms with Crippen molar-refractivity contribution in [3.05, 3.63) is 42.6 Å². The summed E-state index contributed by atoms with van der Waals surface area (Å²) >= 11 is 0. The molecule has 138 valence electrons. The van der Waals surface area contributed by atoms with Crippen LogP contribution in [-0.4, -0.2) is 47.5 Å². The standard InChI is InChI=1S/C21H28N4O/c1-3-4-14-24(2)21(26)18-11-8-15-25(16-18)19-12-13-22-20(23-19)17-9-6-5-7-10-17/h5-7,9-10,12-13,18H,3-4,8,11,14-16H2,1-2H3. The summed E-state index contributed by atoms with van der Waals surface area (Å²) in [5.41, 5.74) is 1.01. The highest BCUT2D eigenvalue weighted by molar-refractivity contribution is 5.79. The topological polar surface area (TPSA) is 49.3 Å². The van der Waals surface area contributed by atoms with Gasteiger partial charge in [-0.25, -0.2) is 9.97 Å². The highest BCUT2D eigenvalue weighted by Crippen LogP contribution is 2.24. The first-order valence-corrected chi connectivity index (χ1v) is 9.57. The van der Waals surface area contributed by atoms with E-state index in [1.54, 1.807) is 0 Å². The quantitative estimate of drug-likeness (QED) is 0.797. The predicted octanol–water partition coefficient (Wildman–Crippen LogP) is 3.62. The maximum Gasteiger partial charge on any atom is 0.227 e. The maximum atomic E-state index is 12.7. The molecule has 0 N–H and O–H groups in total. The Kier molecular flexibility index (Phi) is 6.21. The molecular formula is C21H28N4O. The minimum atomic E-state index is 0.0562. The van der Waals surface area contributed by atoms with Gasteiger partial charge in [0.05, 0.1) is 5.92 Å². The normalized spacial score (nSPS) is 17.2. The molecule has 1 atom stereocenters. The molecule has 26 heavy (non-hydrogen) atoms. The molecule has 0 bridgehead atoms. The third-order valence-corrected chi connectivity index (χ3v) is 4.99. The van der Waals surface area contributed by atoms with Gasteiger partial charge in [-0.2, -0.15) is 0 Å². The molecule has 1 aromatic carbocycles. The Hall–Kier alpha value is -2.43. The summed E-state index contributed by atoms with van der Waals surface area (Å²) < 4.78 is 0. The molecule has 0 spiro atoms. The van der Waals surface area contributed by atoms with E-state index in [1.807, 2.05) is 54.5 Å². The van der Waals surface area contributed by atoms with Gasteiger partial charge in [-0.05, 0) is 25.3 Å². The number of carbonyl (C=O) groups is 1. The third kappa shape index (κ3) is 4.40. The van der Waals surface area contributed by atoms with E-state index in [2.05, 4.69) is 16.8 Å². The van der Waals surface area contributed by atoms with E-state index >= 15 is 0 Å². The van der Waals surface area contributed by atoms with Gasteiger partial charge in [-0.1, -0.05) is 43.7 Å². The van der Waals surface area contributed by atoms with Gasteiger partial charge >= 0.3 is 0 Å². The second kappa shape index (κ2) is 8.79. The number of benzene rings is 1. The molecule has 1 fully saturated rings. The molecule has 1 aliphatic rings. The fourth-order valence-corrected chi connectivity index (χ4v) is 3.46. The molecule has 3 rings (SSSR count). The monoisotopic (exact) mass is 352 g/mol. The van der Waals surface area contributed by atoms with Gasteiger partial charge in [0.1, 0.15) is 5.82 Å². The third-order valence-electron chi connectivity index (χ3n) is 4.99. The van der Waals surface area contributed by atoms with Crippen molar-refractivity contribution in [1.82, 2.24) is 14.9 Å². The predicted molar refractivity (Wildman–Crippen MR) is 105 cm³/mol. The maximum absolute atomic E-state index is 12.7.